The Hall–Kier alpha value is -1.99. The first-order chi connectivity index (χ1) is 12.0. The van der Waals surface area contributed by atoms with Crippen molar-refractivity contribution < 1.29 is 4.79 Å². The van der Waals surface area contributed by atoms with E-state index >= 15 is 0 Å². The molecule has 7 heteroatoms. The molecule has 0 atom stereocenters. The summed E-state index contributed by atoms with van der Waals surface area (Å²) in [6, 6.07) is 4.08. The third kappa shape index (κ3) is 3.67. The van der Waals surface area contributed by atoms with Crippen molar-refractivity contribution in [2.24, 2.45) is 0 Å². The van der Waals surface area contributed by atoms with Gasteiger partial charge in [-0.1, -0.05) is 13.3 Å². The number of fused-ring (bicyclic) bond motifs is 1. The molecule has 0 bridgehead atoms. The number of amides is 1. The first-order valence-corrected chi connectivity index (χ1v) is 9.98. The highest BCUT2D eigenvalue weighted by atomic mass is 32.1. The number of likely N-dealkylation sites (N-methyl/N-ethyl adjacent to an activating group) is 1. The third-order valence-electron chi connectivity index (χ3n) is 4.14. The number of carbonyl (C=O) groups is 1. The molecule has 5 nitrogen and oxygen atoms in total. The Bertz CT molecular complexity index is 955. The van der Waals surface area contributed by atoms with Gasteiger partial charge >= 0.3 is 0 Å². The molecule has 0 unspecified atom stereocenters. The van der Waals surface area contributed by atoms with Crippen LogP contribution in [0.2, 0.25) is 0 Å². The van der Waals surface area contributed by atoms with Crippen LogP contribution in [0.4, 0.5) is 0 Å². The van der Waals surface area contributed by atoms with Crippen molar-refractivity contribution in [3.8, 4) is 10.4 Å². The fourth-order valence-corrected chi connectivity index (χ4v) is 4.49. The Labute approximate surface area is 154 Å². The molecular weight excluding hydrogens is 354 g/mol. The number of carbonyl (C=O) groups excluding carboxylic acids is 1. The maximum Gasteiger partial charge on any atom is 0.263 e. The van der Waals surface area contributed by atoms with Crippen molar-refractivity contribution in [1.82, 2.24) is 14.5 Å². The van der Waals surface area contributed by atoms with Crippen LogP contribution in [-0.2, 0) is 11.3 Å². The van der Waals surface area contributed by atoms with E-state index in [4.69, 9.17) is 0 Å². The summed E-state index contributed by atoms with van der Waals surface area (Å²) in [7, 11) is 1.78. The van der Waals surface area contributed by atoms with Crippen LogP contribution < -0.4 is 5.56 Å². The molecule has 3 heterocycles. The van der Waals surface area contributed by atoms with Crippen LogP contribution in [0.1, 0.15) is 24.6 Å². The average molecular weight is 376 g/mol. The van der Waals surface area contributed by atoms with Gasteiger partial charge in [0.05, 0.1) is 11.7 Å². The van der Waals surface area contributed by atoms with Gasteiger partial charge in [0.15, 0.2) is 0 Å². The summed E-state index contributed by atoms with van der Waals surface area (Å²) in [6.07, 6.45) is 3.47. The van der Waals surface area contributed by atoms with Crippen molar-refractivity contribution in [3.05, 3.63) is 39.1 Å². The number of rotatable bonds is 6. The van der Waals surface area contributed by atoms with Crippen molar-refractivity contribution >= 4 is 38.8 Å². The molecule has 132 valence electrons. The number of aromatic nitrogens is 2. The predicted molar refractivity (Wildman–Crippen MR) is 104 cm³/mol. The van der Waals surface area contributed by atoms with Crippen LogP contribution in [-0.4, -0.2) is 34.0 Å². The highest BCUT2D eigenvalue weighted by molar-refractivity contribution is 7.19. The molecule has 0 radical (unpaired) electrons. The zero-order valence-corrected chi connectivity index (χ0v) is 16.2. The van der Waals surface area contributed by atoms with E-state index in [1.165, 1.54) is 27.1 Å². The minimum Gasteiger partial charge on any atom is -0.344 e. The normalized spacial score (nSPS) is 11.2. The lowest BCUT2D eigenvalue weighted by molar-refractivity contribution is -0.130. The van der Waals surface area contributed by atoms with E-state index in [1.54, 1.807) is 23.3 Å². The van der Waals surface area contributed by atoms with Gasteiger partial charge in [-0.3, -0.25) is 14.2 Å². The Morgan fingerprint density at radius 3 is 2.84 bits per heavy atom. The van der Waals surface area contributed by atoms with Gasteiger partial charge in [-0.05, 0) is 25.5 Å². The lowest BCUT2D eigenvalue weighted by atomic mass is 10.2. The van der Waals surface area contributed by atoms with Crippen molar-refractivity contribution in [3.63, 3.8) is 0 Å². The topological polar surface area (TPSA) is 55.2 Å². The van der Waals surface area contributed by atoms with E-state index in [1.807, 2.05) is 24.4 Å². The first-order valence-electron chi connectivity index (χ1n) is 8.28. The molecule has 0 aliphatic rings. The average Bonchev–Trinajstić information content (AvgIpc) is 3.21. The smallest absolute Gasteiger partial charge is 0.263 e. The molecule has 3 aromatic heterocycles. The second kappa shape index (κ2) is 7.49. The summed E-state index contributed by atoms with van der Waals surface area (Å²) in [6.45, 7) is 4.87. The summed E-state index contributed by atoms with van der Waals surface area (Å²) in [5.74, 6) is -0.0690. The second-order valence-corrected chi connectivity index (χ2v) is 8.23. The fourth-order valence-electron chi connectivity index (χ4n) is 2.63. The summed E-state index contributed by atoms with van der Waals surface area (Å²) in [5.41, 5.74) is 0.765. The van der Waals surface area contributed by atoms with E-state index in [0.29, 0.717) is 16.8 Å². The summed E-state index contributed by atoms with van der Waals surface area (Å²) in [4.78, 5) is 34.3. The zero-order chi connectivity index (χ0) is 18.0. The Morgan fingerprint density at radius 1 is 1.36 bits per heavy atom. The lowest BCUT2D eigenvalue weighted by Crippen LogP contribution is -2.34. The number of aryl methyl sites for hydroxylation is 1. The van der Waals surface area contributed by atoms with Gasteiger partial charge in [0.25, 0.3) is 5.56 Å². The van der Waals surface area contributed by atoms with E-state index in [-0.39, 0.29) is 18.0 Å². The SMILES string of the molecule is CCCCN(C)C(=O)Cn1cnc2scc(-c3ccc(C)s3)c2c1=O. The first kappa shape index (κ1) is 17.8. The predicted octanol–water partition coefficient (Wildman–Crippen LogP) is 3.75. The van der Waals surface area contributed by atoms with E-state index < -0.39 is 0 Å². The number of thiophene rings is 2. The molecule has 0 aliphatic heterocycles. The summed E-state index contributed by atoms with van der Waals surface area (Å²) < 4.78 is 1.42. The molecule has 0 N–H and O–H groups in total. The van der Waals surface area contributed by atoms with Crippen molar-refractivity contribution in [2.45, 2.75) is 33.2 Å². The van der Waals surface area contributed by atoms with Crippen LogP contribution >= 0.6 is 22.7 Å². The highest BCUT2D eigenvalue weighted by Crippen LogP contribution is 2.34. The van der Waals surface area contributed by atoms with Gasteiger partial charge in [-0.15, -0.1) is 22.7 Å². The molecule has 0 aliphatic carbocycles. The molecule has 0 spiro atoms. The third-order valence-corrected chi connectivity index (χ3v) is 6.07. The number of nitrogens with zero attached hydrogens (tertiary/aromatic N) is 3. The number of hydrogen-bond donors (Lipinski definition) is 0. The Balaban J connectivity index is 1.94. The standard InChI is InChI=1S/C18H21N3O2S2/c1-4-5-8-20(3)15(22)9-21-11-19-17-16(18(21)23)13(10-24-17)14-7-6-12(2)25-14/h6-7,10-11H,4-5,8-9H2,1-3H3. The highest BCUT2D eigenvalue weighted by Gasteiger charge is 2.16. The molecule has 25 heavy (non-hydrogen) atoms. The molecule has 3 rings (SSSR count). The maximum absolute atomic E-state index is 12.9. The minimum atomic E-state index is -0.149. The summed E-state index contributed by atoms with van der Waals surface area (Å²) >= 11 is 3.12. The molecule has 0 saturated heterocycles. The monoisotopic (exact) mass is 375 g/mol. The maximum atomic E-state index is 12.9. The molecule has 0 fully saturated rings. The molecule has 1 amide bonds. The van der Waals surface area contributed by atoms with Crippen molar-refractivity contribution in [1.29, 1.82) is 0 Å². The van der Waals surface area contributed by atoms with E-state index in [9.17, 15) is 9.59 Å². The van der Waals surface area contributed by atoms with Gasteiger partial charge < -0.3 is 4.90 Å². The Morgan fingerprint density at radius 2 is 2.16 bits per heavy atom. The minimum absolute atomic E-state index is 0.0285. The van der Waals surface area contributed by atoms with Crippen LogP contribution in [0.5, 0.6) is 0 Å². The van der Waals surface area contributed by atoms with E-state index in [2.05, 4.69) is 11.9 Å². The Kier molecular flexibility index (Phi) is 5.34. The lowest BCUT2D eigenvalue weighted by Gasteiger charge is -2.17. The van der Waals surface area contributed by atoms with Gasteiger partial charge in [0.2, 0.25) is 5.91 Å². The quantitative estimate of drug-likeness (QED) is 0.659. The summed E-state index contributed by atoms with van der Waals surface area (Å²) in [5, 5.41) is 2.59. The zero-order valence-electron chi connectivity index (χ0n) is 14.6. The molecule has 0 saturated carbocycles. The fraction of sp³-hybridized carbons (Fsp3) is 0.389. The van der Waals surface area contributed by atoms with Crippen molar-refractivity contribution in [2.75, 3.05) is 13.6 Å². The van der Waals surface area contributed by atoms with Gasteiger partial charge in [-0.2, -0.15) is 0 Å². The van der Waals surface area contributed by atoms with Gasteiger partial charge in [-0.25, -0.2) is 4.98 Å². The van der Waals surface area contributed by atoms with Crippen LogP contribution in [0.15, 0.2) is 28.6 Å². The van der Waals surface area contributed by atoms with Gasteiger partial charge in [0.1, 0.15) is 11.4 Å². The molecular formula is C18H21N3O2S2. The largest absolute Gasteiger partial charge is 0.344 e. The van der Waals surface area contributed by atoms with E-state index in [0.717, 1.165) is 23.3 Å². The number of unbranched alkanes of at least 4 members (excludes halogenated alkanes) is 1. The van der Waals surface area contributed by atoms with Crippen LogP contribution in [0.3, 0.4) is 0 Å². The molecule has 3 aromatic rings. The van der Waals surface area contributed by atoms with Crippen LogP contribution in [0, 0.1) is 6.92 Å². The molecule has 0 aromatic carbocycles. The van der Waals surface area contributed by atoms with Gasteiger partial charge in [0, 0.05) is 34.3 Å². The second-order valence-electron chi connectivity index (χ2n) is 6.09. The van der Waals surface area contributed by atoms with Crippen LogP contribution in [0.25, 0.3) is 20.7 Å². The number of hydrogen-bond acceptors (Lipinski definition) is 5.